The Balaban J connectivity index is 1.09. The molecule has 0 radical (unpaired) electrons. The van der Waals surface area contributed by atoms with Crippen molar-refractivity contribution in [2.24, 2.45) is 0 Å². The van der Waals surface area contributed by atoms with E-state index < -0.39 is 0 Å². The van der Waals surface area contributed by atoms with Gasteiger partial charge in [0, 0.05) is 7.14 Å². The van der Waals surface area contributed by atoms with E-state index in [1.54, 1.807) is 0 Å². The van der Waals surface area contributed by atoms with Gasteiger partial charge >= 0.3 is 0 Å². The van der Waals surface area contributed by atoms with E-state index in [0.717, 1.165) is 0 Å². The van der Waals surface area contributed by atoms with Gasteiger partial charge in [-0.1, -0.05) is 142 Å². The second kappa shape index (κ2) is 11.3. The summed E-state index contributed by atoms with van der Waals surface area (Å²) >= 11 is 5.12. The summed E-state index contributed by atoms with van der Waals surface area (Å²) in [5.41, 5.74) is 27.8. The number of benzene rings is 10. The second-order valence-corrected chi connectivity index (χ2v) is 19.5. The van der Waals surface area contributed by atoms with Crippen LogP contribution in [0, 0.1) is 21.0 Å². The van der Waals surface area contributed by atoms with Crippen molar-refractivity contribution in [3.63, 3.8) is 0 Å². The molecular weight excluding hydrogens is 924 g/mol. The Morgan fingerprint density at radius 2 is 0.724 bits per heavy atom. The first-order chi connectivity index (χ1) is 28.4. The largest absolute Gasteiger partial charge is 0.244 e. The highest BCUT2D eigenvalue weighted by Gasteiger charge is 2.44. The summed E-state index contributed by atoms with van der Waals surface area (Å²) in [6, 6.07) is 56.4. The standard InChI is InChI=1S/C54H30B2I2/c1-27-17-39-43-23-33(57)21-41-37-19-32(30-11-7-4-8-12-30)14-16-46(37)56(53(41)43)48-26-36-28(2)18-40-44-24-34(58)22-42-38-20-31(29-9-5-3-6-10-29)13-15-45(38)55(54(42)44)47-25-35(27)51(49(39)48)52(36)50(40)47/h3-26H,1-2H3. The van der Waals surface area contributed by atoms with Crippen molar-refractivity contribution < 1.29 is 0 Å². The minimum absolute atomic E-state index is 0.195. The third-order valence-corrected chi connectivity index (χ3v) is 15.4. The average Bonchev–Trinajstić information content (AvgIpc) is 3.75. The fraction of sp³-hybridized carbons (Fsp3) is 0.0370. The molecule has 0 fully saturated rings. The van der Waals surface area contributed by atoms with Crippen LogP contribution >= 0.6 is 45.2 Å². The maximum Gasteiger partial charge on any atom is 0.244 e. The van der Waals surface area contributed by atoms with Crippen LogP contribution in [0.4, 0.5) is 0 Å². The van der Waals surface area contributed by atoms with Gasteiger partial charge in [-0.3, -0.25) is 0 Å². The van der Waals surface area contributed by atoms with Crippen LogP contribution in [0.3, 0.4) is 0 Å². The summed E-state index contributed by atoms with van der Waals surface area (Å²) in [7, 11) is 0. The van der Waals surface area contributed by atoms with Crippen molar-refractivity contribution in [3.05, 3.63) is 164 Å². The van der Waals surface area contributed by atoms with Gasteiger partial charge in [0.25, 0.3) is 0 Å². The smallest absolute Gasteiger partial charge is 0.0657 e. The highest BCUT2D eigenvalue weighted by molar-refractivity contribution is 14.1. The number of fused-ring (bicyclic) bond motifs is 10. The Kier molecular flexibility index (Phi) is 6.38. The van der Waals surface area contributed by atoms with E-state index in [1.807, 2.05) is 0 Å². The molecule has 0 atom stereocenters. The average molecular weight is 954 g/mol. The molecule has 4 heteroatoms. The van der Waals surface area contributed by atoms with E-state index in [0.29, 0.717) is 0 Å². The molecule has 58 heavy (non-hydrogen) atoms. The van der Waals surface area contributed by atoms with E-state index >= 15 is 0 Å². The Bertz CT molecular complexity index is 3310. The Morgan fingerprint density at radius 1 is 0.328 bits per heavy atom. The lowest BCUT2D eigenvalue weighted by Crippen LogP contribution is -2.53. The normalized spacial score (nSPS) is 13.4. The van der Waals surface area contributed by atoms with Gasteiger partial charge in [0.1, 0.15) is 0 Å². The molecule has 0 unspecified atom stereocenters. The first kappa shape index (κ1) is 32.7. The minimum Gasteiger partial charge on any atom is -0.0657 e. The fourth-order valence-electron chi connectivity index (χ4n) is 11.9. The molecule has 0 N–H and O–H groups in total. The van der Waals surface area contributed by atoms with Gasteiger partial charge < -0.3 is 0 Å². The zero-order valence-electron chi connectivity index (χ0n) is 31.8. The van der Waals surface area contributed by atoms with Crippen LogP contribution in [0.2, 0.25) is 0 Å². The molecule has 0 bridgehead atoms. The number of hydrogen-bond acceptors (Lipinski definition) is 0. The van der Waals surface area contributed by atoms with Gasteiger partial charge in [-0.2, -0.15) is 0 Å². The molecule has 0 saturated carbocycles. The van der Waals surface area contributed by atoms with Crippen LogP contribution < -0.4 is 32.8 Å². The summed E-state index contributed by atoms with van der Waals surface area (Å²) in [6.45, 7) is 5.12. The van der Waals surface area contributed by atoms with E-state index in [1.165, 1.54) is 150 Å². The third-order valence-electron chi connectivity index (χ3n) is 14.2. The van der Waals surface area contributed by atoms with Crippen molar-refractivity contribution >= 4 is 124 Å². The van der Waals surface area contributed by atoms with E-state index in [2.05, 4.69) is 205 Å². The summed E-state index contributed by atoms with van der Waals surface area (Å²) in [5.74, 6) is 0. The summed E-state index contributed by atoms with van der Waals surface area (Å²) in [5, 5.41) is 8.63. The molecule has 266 valence electrons. The SMILES string of the molecule is Cc1cc2c3c(cc4c(C)cc5c6c(cc1c3c46)B1c3ccc(-c4ccccc4)cc3-c3cc(I)cc-5c31)B1c3ccc(-c4ccccc4)cc3-c3cc(I)cc-2c31. The van der Waals surface area contributed by atoms with Crippen LogP contribution in [-0.4, -0.2) is 13.4 Å². The topological polar surface area (TPSA) is 0 Å². The van der Waals surface area contributed by atoms with Crippen LogP contribution in [0.1, 0.15) is 11.1 Å². The van der Waals surface area contributed by atoms with Gasteiger partial charge in [-0.05, 0) is 206 Å². The molecule has 10 aromatic rings. The van der Waals surface area contributed by atoms with Crippen molar-refractivity contribution in [2.75, 3.05) is 0 Å². The highest BCUT2D eigenvalue weighted by atomic mass is 127. The Labute approximate surface area is 365 Å². The van der Waals surface area contributed by atoms with Gasteiger partial charge in [0.2, 0.25) is 13.4 Å². The monoisotopic (exact) mass is 954 g/mol. The van der Waals surface area contributed by atoms with Crippen molar-refractivity contribution in [3.8, 4) is 66.8 Å². The maximum absolute atomic E-state index is 2.62. The molecule has 0 nitrogen and oxygen atoms in total. The van der Waals surface area contributed by atoms with Crippen LogP contribution in [0.25, 0.3) is 99.1 Å². The minimum atomic E-state index is 0.195. The number of halogens is 2. The lowest BCUT2D eigenvalue weighted by molar-refractivity contribution is 1.52. The molecule has 14 rings (SSSR count). The van der Waals surface area contributed by atoms with E-state index in [9.17, 15) is 0 Å². The molecule has 4 heterocycles. The first-order valence-electron chi connectivity index (χ1n) is 20.3. The summed E-state index contributed by atoms with van der Waals surface area (Å²) in [6.07, 6.45) is 0. The molecule has 0 amide bonds. The quantitative estimate of drug-likeness (QED) is 0.0920. The van der Waals surface area contributed by atoms with Gasteiger partial charge in [0.05, 0.1) is 0 Å². The molecular formula is C54H30B2I2. The number of rotatable bonds is 2. The van der Waals surface area contributed by atoms with Crippen molar-refractivity contribution in [1.29, 1.82) is 0 Å². The Hall–Kier alpha value is -5.17. The fourth-order valence-corrected chi connectivity index (χ4v) is 13.1. The number of aryl methyl sites for hydroxylation is 2. The van der Waals surface area contributed by atoms with Gasteiger partial charge in [-0.25, -0.2) is 0 Å². The lowest BCUT2D eigenvalue weighted by Gasteiger charge is -2.32. The molecule has 4 aliphatic heterocycles. The third kappa shape index (κ3) is 4.04. The first-order valence-corrected chi connectivity index (χ1v) is 22.4. The van der Waals surface area contributed by atoms with Crippen LogP contribution in [0.5, 0.6) is 0 Å². The summed E-state index contributed by atoms with van der Waals surface area (Å²) < 4.78 is 2.59. The van der Waals surface area contributed by atoms with Crippen LogP contribution in [0.15, 0.2) is 146 Å². The predicted molar refractivity (Wildman–Crippen MR) is 267 cm³/mol. The highest BCUT2D eigenvalue weighted by Crippen LogP contribution is 2.48. The zero-order valence-corrected chi connectivity index (χ0v) is 36.1. The summed E-state index contributed by atoms with van der Waals surface area (Å²) in [4.78, 5) is 0. The predicted octanol–water partition coefficient (Wildman–Crippen LogP) is 10.7. The van der Waals surface area contributed by atoms with Crippen molar-refractivity contribution in [1.82, 2.24) is 0 Å². The Morgan fingerprint density at radius 3 is 1.14 bits per heavy atom. The van der Waals surface area contributed by atoms with Gasteiger partial charge in [-0.15, -0.1) is 0 Å². The molecule has 0 aliphatic carbocycles. The molecule has 4 aliphatic rings. The molecule has 10 aromatic carbocycles. The molecule has 0 spiro atoms. The molecule has 0 saturated heterocycles. The van der Waals surface area contributed by atoms with Crippen molar-refractivity contribution in [2.45, 2.75) is 13.8 Å². The van der Waals surface area contributed by atoms with E-state index in [-0.39, 0.29) is 13.4 Å². The lowest BCUT2D eigenvalue weighted by atomic mass is 9.34. The van der Waals surface area contributed by atoms with Gasteiger partial charge in [0.15, 0.2) is 0 Å². The molecule has 0 aromatic heterocycles. The van der Waals surface area contributed by atoms with E-state index in [4.69, 9.17) is 0 Å². The number of hydrogen-bond donors (Lipinski definition) is 0. The maximum atomic E-state index is 2.62. The zero-order chi connectivity index (χ0) is 38.3. The van der Waals surface area contributed by atoms with Crippen LogP contribution in [-0.2, 0) is 0 Å². The second-order valence-electron chi connectivity index (χ2n) is 17.0.